The van der Waals surface area contributed by atoms with E-state index in [4.69, 9.17) is 4.74 Å². The van der Waals surface area contributed by atoms with Gasteiger partial charge in [-0.1, -0.05) is 25.1 Å². The van der Waals surface area contributed by atoms with Crippen LogP contribution in [0.25, 0.3) is 0 Å². The lowest BCUT2D eigenvalue weighted by atomic mass is 10.1. The average molecular weight is 246 g/mol. The van der Waals surface area contributed by atoms with Crippen LogP contribution < -0.4 is 10.2 Å². The highest BCUT2D eigenvalue weighted by Crippen LogP contribution is 2.28. The fraction of sp³-hybridized carbons (Fsp3) is 0.500. The molecule has 2 heterocycles. The Morgan fingerprint density at radius 2 is 2.22 bits per heavy atom. The Morgan fingerprint density at radius 3 is 3.00 bits per heavy atom. The molecule has 0 saturated carbocycles. The van der Waals surface area contributed by atoms with Crippen molar-refractivity contribution in [2.75, 3.05) is 24.5 Å². The van der Waals surface area contributed by atoms with Crippen LogP contribution in [0, 0.1) is 5.92 Å². The number of anilines is 1. The molecule has 18 heavy (non-hydrogen) atoms. The van der Waals surface area contributed by atoms with Gasteiger partial charge in [-0.25, -0.2) is 4.79 Å². The number of rotatable bonds is 1. The molecule has 0 radical (unpaired) electrons. The first-order valence-corrected chi connectivity index (χ1v) is 6.52. The van der Waals surface area contributed by atoms with Crippen molar-refractivity contribution in [3.8, 4) is 0 Å². The number of para-hydroxylation sites is 1. The number of nitrogens with zero attached hydrogens (tertiary/aromatic N) is 1. The second kappa shape index (κ2) is 4.61. The van der Waals surface area contributed by atoms with Gasteiger partial charge in [0.15, 0.2) is 0 Å². The van der Waals surface area contributed by atoms with Crippen molar-refractivity contribution < 1.29 is 9.53 Å². The molecule has 2 aliphatic rings. The summed E-state index contributed by atoms with van der Waals surface area (Å²) in [7, 11) is 0. The van der Waals surface area contributed by atoms with Gasteiger partial charge in [-0.3, -0.25) is 4.90 Å². The van der Waals surface area contributed by atoms with Gasteiger partial charge < -0.3 is 10.1 Å². The third kappa shape index (κ3) is 1.97. The van der Waals surface area contributed by atoms with Crippen molar-refractivity contribution >= 4 is 11.8 Å². The van der Waals surface area contributed by atoms with Crippen LogP contribution in [-0.4, -0.2) is 31.8 Å². The van der Waals surface area contributed by atoms with Gasteiger partial charge in [-0.05, 0) is 18.1 Å². The van der Waals surface area contributed by atoms with Gasteiger partial charge in [0, 0.05) is 25.6 Å². The SMILES string of the molecule is CC1CNC[C@H]1OC(=O)N1CCc2ccccc21. The fourth-order valence-electron chi connectivity index (χ4n) is 2.66. The van der Waals surface area contributed by atoms with Crippen LogP contribution in [0.4, 0.5) is 10.5 Å². The molecule has 1 N–H and O–H groups in total. The molecule has 4 heteroatoms. The minimum Gasteiger partial charge on any atom is -0.444 e. The molecule has 0 aromatic heterocycles. The summed E-state index contributed by atoms with van der Waals surface area (Å²) in [6.07, 6.45) is 0.717. The van der Waals surface area contributed by atoms with Crippen LogP contribution in [0.15, 0.2) is 24.3 Å². The summed E-state index contributed by atoms with van der Waals surface area (Å²) < 4.78 is 5.59. The van der Waals surface area contributed by atoms with E-state index in [1.54, 1.807) is 4.90 Å². The quantitative estimate of drug-likeness (QED) is 0.821. The topological polar surface area (TPSA) is 41.6 Å². The van der Waals surface area contributed by atoms with E-state index in [2.05, 4.69) is 18.3 Å². The molecular weight excluding hydrogens is 228 g/mol. The van der Waals surface area contributed by atoms with E-state index in [1.165, 1.54) is 5.56 Å². The van der Waals surface area contributed by atoms with Gasteiger partial charge in [0.2, 0.25) is 0 Å². The van der Waals surface area contributed by atoms with E-state index in [9.17, 15) is 4.79 Å². The molecule has 0 spiro atoms. The number of amides is 1. The zero-order valence-corrected chi connectivity index (χ0v) is 10.6. The maximum absolute atomic E-state index is 12.2. The minimum atomic E-state index is -0.208. The lowest BCUT2D eigenvalue weighted by molar-refractivity contribution is 0.0946. The largest absolute Gasteiger partial charge is 0.444 e. The van der Waals surface area contributed by atoms with Gasteiger partial charge >= 0.3 is 6.09 Å². The third-order valence-corrected chi connectivity index (χ3v) is 3.81. The highest BCUT2D eigenvalue weighted by molar-refractivity contribution is 5.90. The summed E-state index contributed by atoms with van der Waals surface area (Å²) in [4.78, 5) is 13.9. The molecule has 1 aromatic carbocycles. The van der Waals surface area contributed by atoms with Crippen LogP contribution in [0.2, 0.25) is 0 Å². The van der Waals surface area contributed by atoms with Crippen molar-refractivity contribution in [2.45, 2.75) is 19.4 Å². The molecule has 1 saturated heterocycles. The first-order valence-electron chi connectivity index (χ1n) is 6.52. The summed E-state index contributed by atoms with van der Waals surface area (Å²) in [6.45, 7) is 4.53. The van der Waals surface area contributed by atoms with E-state index < -0.39 is 0 Å². The Balaban J connectivity index is 1.71. The summed E-state index contributed by atoms with van der Waals surface area (Å²) >= 11 is 0. The van der Waals surface area contributed by atoms with E-state index >= 15 is 0 Å². The lowest BCUT2D eigenvalue weighted by Gasteiger charge is -2.21. The molecule has 0 aliphatic carbocycles. The second-order valence-corrected chi connectivity index (χ2v) is 5.09. The highest BCUT2D eigenvalue weighted by atomic mass is 16.6. The normalized spacial score (nSPS) is 26.2. The van der Waals surface area contributed by atoms with Crippen LogP contribution >= 0.6 is 0 Å². The molecule has 1 amide bonds. The highest BCUT2D eigenvalue weighted by Gasteiger charge is 2.31. The molecule has 1 unspecified atom stereocenters. The van der Waals surface area contributed by atoms with Gasteiger partial charge in [0.05, 0.1) is 5.69 Å². The summed E-state index contributed by atoms with van der Waals surface area (Å²) in [6, 6.07) is 8.03. The van der Waals surface area contributed by atoms with Crippen LogP contribution in [0.5, 0.6) is 0 Å². The fourth-order valence-corrected chi connectivity index (χ4v) is 2.66. The van der Waals surface area contributed by atoms with E-state index in [0.29, 0.717) is 5.92 Å². The number of hydrogen-bond acceptors (Lipinski definition) is 3. The zero-order valence-electron chi connectivity index (χ0n) is 10.6. The Bertz CT molecular complexity index is 461. The summed E-state index contributed by atoms with van der Waals surface area (Å²) in [5.41, 5.74) is 2.23. The molecule has 96 valence electrons. The van der Waals surface area contributed by atoms with Gasteiger partial charge in [-0.15, -0.1) is 0 Å². The van der Waals surface area contributed by atoms with Crippen LogP contribution in [0.1, 0.15) is 12.5 Å². The predicted octanol–water partition coefficient (Wildman–Crippen LogP) is 1.79. The van der Waals surface area contributed by atoms with Crippen molar-refractivity contribution in [1.29, 1.82) is 0 Å². The lowest BCUT2D eigenvalue weighted by Crippen LogP contribution is -2.35. The maximum atomic E-state index is 12.2. The zero-order chi connectivity index (χ0) is 12.5. The smallest absolute Gasteiger partial charge is 0.414 e. The maximum Gasteiger partial charge on any atom is 0.414 e. The van der Waals surface area contributed by atoms with Crippen molar-refractivity contribution in [3.05, 3.63) is 29.8 Å². The molecular formula is C14H18N2O2. The number of benzene rings is 1. The molecule has 0 bridgehead atoms. The van der Waals surface area contributed by atoms with Gasteiger partial charge in [0.25, 0.3) is 0 Å². The Labute approximate surface area is 107 Å². The minimum absolute atomic E-state index is 0.00487. The number of carbonyl (C=O) groups is 1. The molecule has 3 rings (SSSR count). The average Bonchev–Trinajstić information content (AvgIpc) is 2.96. The number of hydrogen-bond donors (Lipinski definition) is 1. The standard InChI is InChI=1S/C14H18N2O2/c1-10-8-15-9-13(10)18-14(17)16-7-6-11-4-2-3-5-12(11)16/h2-5,10,13,15H,6-9H2,1H3/t10?,13-/m1/s1. The second-order valence-electron chi connectivity index (χ2n) is 5.09. The molecule has 2 aliphatic heterocycles. The number of fused-ring (bicyclic) bond motifs is 1. The van der Waals surface area contributed by atoms with Crippen LogP contribution in [-0.2, 0) is 11.2 Å². The van der Waals surface area contributed by atoms with E-state index in [-0.39, 0.29) is 12.2 Å². The molecule has 1 fully saturated rings. The molecule has 2 atom stereocenters. The van der Waals surface area contributed by atoms with E-state index in [1.807, 2.05) is 18.2 Å². The van der Waals surface area contributed by atoms with Crippen LogP contribution in [0.3, 0.4) is 0 Å². The molecule has 1 aromatic rings. The van der Waals surface area contributed by atoms with Crippen molar-refractivity contribution in [3.63, 3.8) is 0 Å². The Kier molecular flexibility index (Phi) is 2.96. The predicted molar refractivity (Wildman–Crippen MR) is 69.8 cm³/mol. The monoisotopic (exact) mass is 246 g/mol. The third-order valence-electron chi connectivity index (χ3n) is 3.81. The van der Waals surface area contributed by atoms with Crippen molar-refractivity contribution in [1.82, 2.24) is 5.32 Å². The Morgan fingerprint density at radius 1 is 1.39 bits per heavy atom. The molecule has 4 nitrogen and oxygen atoms in total. The summed E-state index contributed by atoms with van der Waals surface area (Å²) in [5, 5.41) is 3.24. The summed E-state index contributed by atoms with van der Waals surface area (Å²) in [5.74, 6) is 0.395. The first kappa shape index (κ1) is 11.5. The number of nitrogens with one attached hydrogen (secondary N) is 1. The number of carbonyl (C=O) groups excluding carboxylic acids is 1. The van der Waals surface area contributed by atoms with Gasteiger partial charge in [0.1, 0.15) is 6.10 Å². The van der Waals surface area contributed by atoms with Gasteiger partial charge in [-0.2, -0.15) is 0 Å². The number of ether oxygens (including phenoxy) is 1. The van der Waals surface area contributed by atoms with E-state index in [0.717, 1.165) is 31.7 Å². The van der Waals surface area contributed by atoms with Crippen molar-refractivity contribution in [2.24, 2.45) is 5.92 Å². The first-order chi connectivity index (χ1) is 8.75. The Hall–Kier alpha value is -1.55.